The first-order valence-corrected chi connectivity index (χ1v) is 16.6. The van der Waals surface area contributed by atoms with E-state index >= 15 is 0 Å². The van der Waals surface area contributed by atoms with Crippen LogP contribution in [0.15, 0.2) is 65.6 Å². The van der Waals surface area contributed by atoms with E-state index in [0.717, 1.165) is 36.6 Å². The standard InChI is InChI=1S/C35H51N2O2S.BrH/c1-3-4-5-6-7-8-9-10-11-12-13-14-15-16-24-39-35-22-18-20-33(27-35)29-37(31(2)38)34-21-17-19-32(26-34)28-36-23-25-40-30-36;/h17-23,25-27,30H,3-16,24,28-29H2,1-2H3;1H/q+1;/p-1. The summed E-state index contributed by atoms with van der Waals surface area (Å²) in [5.41, 5.74) is 5.28. The molecule has 3 aromatic rings. The van der Waals surface area contributed by atoms with Gasteiger partial charge in [0.25, 0.3) is 0 Å². The van der Waals surface area contributed by atoms with E-state index in [0.29, 0.717) is 6.54 Å². The Balaban J connectivity index is 0.00000588. The van der Waals surface area contributed by atoms with Crippen molar-refractivity contribution in [2.75, 3.05) is 11.5 Å². The number of ether oxygens (including phenoxy) is 1. The van der Waals surface area contributed by atoms with Crippen LogP contribution in [0.5, 0.6) is 5.75 Å². The lowest BCUT2D eigenvalue weighted by Gasteiger charge is -2.22. The molecule has 41 heavy (non-hydrogen) atoms. The van der Waals surface area contributed by atoms with Crippen molar-refractivity contribution >= 4 is 22.9 Å². The monoisotopic (exact) mass is 642 g/mol. The second-order valence-electron chi connectivity index (χ2n) is 11.1. The van der Waals surface area contributed by atoms with E-state index in [1.54, 1.807) is 18.3 Å². The first kappa shape index (κ1) is 35.0. The van der Waals surface area contributed by atoms with Gasteiger partial charge < -0.3 is 26.6 Å². The molecule has 1 aromatic heterocycles. The number of anilines is 1. The van der Waals surface area contributed by atoms with Gasteiger partial charge in [0, 0.05) is 18.2 Å². The number of amides is 1. The summed E-state index contributed by atoms with van der Waals surface area (Å²) >= 11 is 1.68. The zero-order valence-corrected chi connectivity index (χ0v) is 27.8. The van der Waals surface area contributed by atoms with Crippen LogP contribution >= 0.6 is 11.3 Å². The SMILES string of the molecule is CCCCCCCCCCCCCCCCOc1cccc(CN(C(C)=O)c2cccc(C[n+]3ccsc3)c2)c1.[Br-]. The highest BCUT2D eigenvalue weighted by Crippen LogP contribution is 2.22. The molecule has 0 spiro atoms. The van der Waals surface area contributed by atoms with Gasteiger partial charge in [0.2, 0.25) is 11.4 Å². The van der Waals surface area contributed by atoms with Crippen molar-refractivity contribution in [1.82, 2.24) is 0 Å². The normalized spacial score (nSPS) is 10.8. The van der Waals surface area contributed by atoms with Crippen LogP contribution in [0.3, 0.4) is 0 Å². The van der Waals surface area contributed by atoms with Gasteiger partial charge in [0.15, 0.2) is 12.7 Å². The molecule has 0 saturated carbocycles. The molecule has 0 atom stereocenters. The predicted molar refractivity (Wildman–Crippen MR) is 169 cm³/mol. The van der Waals surface area contributed by atoms with Crippen LogP contribution in [0.4, 0.5) is 5.69 Å². The maximum Gasteiger partial charge on any atom is 0.224 e. The number of unbranched alkanes of at least 4 members (excludes halogenated alkanes) is 13. The van der Waals surface area contributed by atoms with E-state index < -0.39 is 0 Å². The van der Waals surface area contributed by atoms with Gasteiger partial charge in [0.05, 0.1) is 18.5 Å². The van der Waals surface area contributed by atoms with E-state index in [1.165, 1.54) is 89.0 Å². The number of hydrogen-bond donors (Lipinski definition) is 0. The Morgan fingerprint density at radius 1 is 0.805 bits per heavy atom. The Bertz CT molecular complexity index is 1090. The molecule has 0 bridgehead atoms. The Hall–Kier alpha value is -2.18. The van der Waals surface area contributed by atoms with Crippen molar-refractivity contribution in [3.05, 3.63) is 76.7 Å². The Kier molecular flexibility index (Phi) is 18.4. The lowest BCUT2D eigenvalue weighted by atomic mass is 10.0. The molecular weight excluding hydrogens is 592 g/mol. The molecule has 0 radical (unpaired) electrons. The zero-order valence-electron chi connectivity index (χ0n) is 25.4. The lowest BCUT2D eigenvalue weighted by Crippen LogP contribution is -3.00. The first-order chi connectivity index (χ1) is 19.7. The molecule has 1 amide bonds. The minimum Gasteiger partial charge on any atom is -1.00 e. The third-order valence-electron chi connectivity index (χ3n) is 7.50. The van der Waals surface area contributed by atoms with Crippen molar-refractivity contribution < 1.29 is 31.1 Å². The second-order valence-corrected chi connectivity index (χ2v) is 11.8. The minimum absolute atomic E-state index is 0. The number of thiazole rings is 1. The molecule has 3 rings (SSSR count). The fourth-order valence-corrected chi connectivity index (χ4v) is 5.77. The first-order valence-electron chi connectivity index (χ1n) is 15.7. The van der Waals surface area contributed by atoms with E-state index in [2.05, 4.69) is 52.8 Å². The molecule has 0 unspecified atom stereocenters. The highest BCUT2D eigenvalue weighted by Gasteiger charge is 2.14. The van der Waals surface area contributed by atoms with Crippen LogP contribution in [-0.4, -0.2) is 12.5 Å². The van der Waals surface area contributed by atoms with Gasteiger partial charge >= 0.3 is 0 Å². The quantitative estimate of drug-likeness (QED) is 0.0982. The largest absolute Gasteiger partial charge is 1.00 e. The van der Waals surface area contributed by atoms with Gasteiger partial charge in [-0.25, -0.2) is 0 Å². The maximum absolute atomic E-state index is 12.6. The number of hydrogen-bond acceptors (Lipinski definition) is 3. The maximum atomic E-state index is 12.6. The molecule has 4 nitrogen and oxygen atoms in total. The van der Waals surface area contributed by atoms with E-state index in [4.69, 9.17) is 4.74 Å². The van der Waals surface area contributed by atoms with Gasteiger partial charge in [-0.15, -0.1) is 0 Å². The summed E-state index contributed by atoms with van der Waals surface area (Å²) in [4.78, 5) is 14.4. The molecule has 0 aliphatic carbocycles. The fraction of sp³-hybridized carbons (Fsp3) is 0.543. The molecule has 2 aromatic carbocycles. The molecule has 0 fully saturated rings. The molecule has 1 heterocycles. The summed E-state index contributed by atoms with van der Waals surface area (Å²) in [5.74, 6) is 0.923. The van der Waals surface area contributed by atoms with E-state index in [9.17, 15) is 4.79 Å². The number of carbonyl (C=O) groups excluding carboxylic acids is 1. The third kappa shape index (κ3) is 14.5. The van der Waals surface area contributed by atoms with Crippen molar-refractivity contribution in [3.63, 3.8) is 0 Å². The van der Waals surface area contributed by atoms with Gasteiger partial charge in [0.1, 0.15) is 5.75 Å². The average Bonchev–Trinajstić information content (AvgIpc) is 3.47. The molecule has 0 aliphatic rings. The van der Waals surface area contributed by atoms with Gasteiger partial charge in [-0.05, 0) is 36.2 Å². The van der Waals surface area contributed by atoms with Gasteiger partial charge in [-0.1, -0.05) is 126 Å². The van der Waals surface area contributed by atoms with Crippen molar-refractivity contribution in [2.24, 2.45) is 0 Å². The summed E-state index contributed by atoms with van der Waals surface area (Å²) in [5, 5.41) is 2.07. The summed E-state index contributed by atoms with van der Waals surface area (Å²) in [6, 6.07) is 16.5. The Morgan fingerprint density at radius 3 is 2.02 bits per heavy atom. The molecule has 0 N–H and O–H groups in total. The summed E-state index contributed by atoms with van der Waals surface area (Å²) in [6.07, 6.45) is 21.1. The van der Waals surface area contributed by atoms with Crippen molar-refractivity contribution in [3.8, 4) is 5.75 Å². The Morgan fingerprint density at radius 2 is 1.41 bits per heavy atom. The predicted octanol–water partition coefficient (Wildman–Crippen LogP) is 6.50. The summed E-state index contributed by atoms with van der Waals surface area (Å²) < 4.78 is 8.23. The number of rotatable bonds is 21. The minimum atomic E-state index is 0. The molecule has 226 valence electrons. The topological polar surface area (TPSA) is 33.4 Å². The highest BCUT2D eigenvalue weighted by molar-refractivity contribution is 7.07. The molecular formula is C35H51BrN2O2S. The van der Waals surface area contributed by atoms with Crippen LogP contribution in [0, 0.1) is 0 Å². The van der Waals surface area contributed by atoms with Crippen LogP contribution in [0.25, 0.3) is 0 Å². The van der Waals surface area contributed by atoms with E-state index in [-0.39, 0.29) is 22.9 Å². The highest BCUT2D eigenvalue weighted by atomic mass is 79.9. The Labute approximate surface area is 263 Å². The number of nitrogens with zero attached hydrogens (tertiary/aromatic N) is 2. The van der Waals surface area contributed by atoms with Gasteiger partial charge in [-0.3, -0.25) is 4.79 Å². The van der Waals surface area contributed by atoms with Crippen LogP contribution < -0.4 is 31.2 Å². The second kappa shape index (κ2) is 21.5. The zero-order chi connectivity index (χ0) is 28.3. The van der Waals surface area contributed by atoms with Gasteiger partial charge in [-0.2, -0.15) is 4.57 Å². The van der Waals surface area contributed by atoms with Crippen LogP contribution in [0.2, 0.25) is 0 Å². The summed E-state index contributed by atoms with van der Waals surface area (Å²) in [6.45, 7) is 5.99. The van der Waals surface area contributed by atoms with Crippen LogP contribution in [0.1, 0.15) is 115 Å². The number of halogens is 1. The van der Waals surface area contributed by atoms with Crippen molar-refractivity contribution in [1.29, 1.82) is 0 Å². The van der Waals surface area contributed by atoms with Crippen molar-refractivity contribution in [2.45, 2.75) is 117 Å². The molecule has 6 heteroatoms. The smallest absolute Gasteiger partial charge is 0.224 e. The van der Waals surface area contributed by atoms with Crippen LogP contribution in [-0.2, 0) is 17.9 Å². The number of aromatic nitrogens is 1. The third-order valence-corrected chi connectivity index (χ3v) is 8.17. The lowest BCUT2D eigenvalue weighted by molar-refractivity contribution is -0.683. The number of carbonyl (C=O) groups is 1. The molecule has 0 saturated heterocycles. The number of benzene rings is 2. The average molecular weight is 644 g/mol. The summed E-state index contributed by atoms with van der Waals surface area (Å²) in [7, 11) is 0. The van der Waals surface area contributed by atoms with E-state index in [1.807, 2.05) is 29.2 Å². The molecule has 0 aliphatic heterocycles. The fourth-order valence-electron chi connectivity index (χ4n) is 5.17.